The minimum absolute atomic E-state index is 0.251. The van der Waals surface area contributed by atoms with Crippen molar-refractivity contribution in [3.8, 4) is 5.69 Å². The minimum Gasteiger partial charge on any atom is -0.295 e. The highest BCUT2D eigenvalue weighted by molar-refractivity contribution is 9.10. The number of amides is 1. The molecule has 0 radical (unpaired) electrons. The monoisotopic (exact) mass is 446 g/mol. The summed E-state index contributed by atoms with van der Waals surface area (Å²) in [6, 6.07) is 12.0. The van der Waals surface area contributed by atoms with Crippen molar-refractivity contribution in [1.82, 2.24) is 15.2 Å². The summed E-state index contributed by atoms with van der Waals surface area (Å²) in [5.74, 6) is -0.389. The highest BCUT2D eigenvalue weighted by atomic mass is 79.9. The van der Waals surface area contributed by atoms with Gasteiger partial charge in [0.15, 0.2) is 0 Å². The van der Waals surface area contributed by atoms with Crippen LogP contribution in [0.1, 0.15) is 27.2 Å². The topological polar surface area (TPSA) is 79.2 Å². The standard InChI is InChI=1S/C19H16BrClN4O2/c1-11-9-15(7-8-17(11)20)25-19(27)16(12(2)24-25)10-22-23-18(26)13-3-5-14(21)6-4-13/h3-10,24H,1-2H3,(H,23,26). The molecule has 138 valence electrons. The SMILES string of the molecule is Cc1cc(-n2[nH]c(C)c(C=NNC(=O)c3ccc(Cl)cc3)c2=O)ccc1Br. The van der Waals surface area contributed by atoms with Crippen molar-refractivity contribution < 1.29 is 4.79 Å². The van der Waals surface area contributed by atoms with Gasteiger partial charge in [0, 0.05) is 20.8 Å². The Bertz CT molecular complexity index is 1080. The molecule has 0 atom stereocenters. The van der Waals surface area contributed by atoms with Crippen LogP contribution in [0.3, 0.4) is 0 Å². The Kier molecular flexibility index (Phi) is 5.62. The summed E-state index contributed by atoms with van der Waals surface area (Å²) in [4.78, 5) is 24.7. The van der Waals surface area contributed by atoms with Crippen molar-refractivity contribution in [2.24, 2.45) is 5.10 Å². The van der Waals surface area contributed by atoms with Gasteiger partial charge in [0.2, 0.25) is 0 Å². The number of aromatic amines is 1. The van der Waals surface area contributed by atoms with Crippen molar-refractivity contribution in [2.45, 2.75) is 13.8 Å². The van der Waals surface area contributed by atoms with Gasteiger partial charge in [-0.15, -0.1) is 0 Å². The molecule has 0 spiro atoms. The summed E-state index contributed by atoms with van der Waals surface area (Å²) in [7, 11) is 0. The molecule has 2 N–H and O–H groups in total. The molecule has 6 nitrogen and oxygen atoms in total. The number of halogens is 2. The summed E-state index contributed by atoms with van der Waals surface area (Å²) < 4.78 is 2.41. The molecule has 0 saturated heterocycles. The van der Waals surface area contributed by atoms with E-state index in [-0.39, 0.29) is 11.5 Å². The first-order chi connectivity index (χ1) is 12.9. The van der Waals surface area contributed by atoms with E-state index in [1.54, 1.807) is 31.2 Å². The number of rotatable bonds is 4. The van der Waals surface area contributed by atoms with Gasteiger partial charge in [0.1, 0.15) is 0 Å². The van der Waals surface area contributed by atoms with Crippen LogP contribution < -0.4 is 11.0 Å². The lowest BCUT2D eigenvalue weighted by Crippen LogP contribution is -2.20. The lowest BCUT2D eigenvalue weighted by atomic mass is 10.2. The van der Waals surface area contributed by atoms with Gasteiger partial charge in [0.05, 0.1) is 17.5 Å². The van der Waals surface area contributed by atoms with Crippen LogP contribution >= 0.6 is 27.5 Å². The minimum atomic E-state index is -0.389. The summed E-state index contributed by atoms with van der Waals surface area (Å²) in [5.41, 5.74) is 5.32. The van der Waals surface area contributed by atoms with Crippen molar-refractivity contribution in [3.05, 3.63) is 84.7 Å². The van der Waals surface area contributed by atoms with Crippen molar-refractivity contribution >= 4 is 39.7 Å². The number of hydrogen-bond donors (Lipinski definition) is 2. The molecule has 27 heavy (non-hydrogen) atoms. The van der Waals surface area contributed by atoms with Gasteiger partial charge in [-0.3, -0.25) is 14.7 Å². The fourth-order valence-electron chi connectivity index (χ4n) is 2.48. The first-order valence-electron chi connectivity index (χ1n) is 8.04. The van der Waals surface area contributed by atoms with E-state index in [4.69, 9.17) is 11.6 Å². The average molecular weight is 448 g/mol. The molecule has 8 heteroatoms. The van der Waals surface area contributed by atoms with Gasteiger partial charge in [-0.05, 0) is 61.9 Å². The molecule has 0 aliphatic rings. The number of H-pyrrole nitrogens is 1. The van der Waals surface area contributed by atoms with Crippen LogP contribution in [0.5, 0.6) is 0 Å². The molecule has 0 bridgehead atoms. The van der Waals surface area contributed by atoms with Gasteiger partial charge in [-0.1, -0.05) is 27.5 Å². The second-order valence-corrected chi connectivity index (χ2v) is 7.22. The first-order valence-corrected chi connectivity index (χ1v) is 9.21. The molecule has 0 saturated carbocycles. The Morgan fingerprint density at radius 2 is 1.93 bits per heavy atom. The Balaban J connectivity index is 1.81. The molecule has 2 aromatic carbocycles. The number of carbonyl (C=O) groups is 1. The maximum Gasteiger partial charge on any atom is 0.280 e. The zero-order chi connectivity index (χ0) is 19.6. The van der Waals surface area contributed by atoms with Crippen LogP contribution in [0.4, 0.5) is 0 Å². The normalized spacial score (nSPS) is 11.1. The highest BCUT2D eigenvalue weighted by Crippen LogP contribution is 2.18. The molecule has 1 aromatic heterocycles. The average Bonchev–Trinajstić information content (AvgIpc) is 2.92. The Labute approximate surface area is 169 Å². The van der Waals surface area contributed by atoms with E-state index in [0.29, 0.717) is 27.5 Å². The number of carbonyl (C=O) groups excluding carboxylic acids is 1. The zero-order valence-corrected chi connectivity index (χ0v) is 16.9. The quantitative estimate of drug-likeness (QED) is 0.469. The van der Waals surface area contributed by atoms with Crippen molar-refractivity contribution in [1.29, 1.82) is 0 Å². The predicted octanol–water partition coefficient (Wildman–Crippen LogP) is 3.96. The molecular weight excluding hydrogens is 432 g/mol. The van der Waals surface area contributed by atoms with Gasteiger partial charge < -0.3 is 0 Å². The third-order valence-electron chi connectivity index (χ3n) is 3.98. The molecule has 3 rings (SSSR count). The Morgan fingerprint density at radius 3 is 2.59 bits per heavy atom. The molecule has 0 aliphatic carbocycles. The van der Waals surface area contributed by atoms with Gasteiger partial charge in [-0.25, -0.2) is 10.1 Å². The van der Waals surface area contributed by atoms with Gasteiger partial charge >= 0.3 is 0 Å². The number of nitrogens with zero attached hydrogens (tertiary/aromatic N) is 2. The third kappa shape index (κ3) is 4.20. The molecular formula is C19H16BrClN4O2. The summed E-state index contributed by atoms with van der Waals surface area (Å²) in [6.45, 7) is 3.72. The summed E-state index contributed by atoms with van der Waals surface area (Å²) in [6.07, 6.45) is 1.34. The fourth-order valence-corrected chi connectivity index (χ4v) is 2.86. The van der Waals surface area contributed by atoms with Crippen LogP contribution in [0.2, 0.25) is 5.02 Å². The van der Waals surface area contributed by atoms with E-state index in [1.165, 1.54) is 10.9 Å². The van der Waals surface area contributed by atoms with E-state index in [9.17, 15) is 9.59 Å². The molecule has 0 fully saturated rings. The number of hydrazone groups is 1. The predicted molar refractivity (Wildman–Crippen MR) is 110 cm³/mol. The lowest BCUT2D eigenvalue weighted by Gasteiger charge is -2.04. The number of benzene rings is 2. The van der Waals surface area contributed by atoms with E-state index in [2.05, 4.69) is 31.6 Å². The van der Waals surface area contributed by atoms with Gasteiger partial charge in [-0.2, -0.15) is 5.10 Å². The zero-order valence-electron chi connectivity index (χ0n) is 14.6. The van der Waals surface area contributed by atoms with Crippen LogP contribution in [0, 0.1) is 13.8 Å². The summed E-state index contributed by atoms with van der Waals surface area (Å²) in [5, 5.41) is 7.47. The van der Waals surface area contributed by atoms with E-state index >= 15 is 0 Å². The molecule has 1 heterocycles. The van der Waals surface area contributed by atoms with Crippen LogP contribution in [0.25, 0.3) is 5.69 Å². The molecule has 1 amide bonds. The molecule has 0 aliphatic heterocycles. The van der Waals surface area contributed by atoms with Crippen molar-refractivity contribution in [3.63, 3.8) is 0 Å². The lowest BCUT2D eigenvalue weighted by molar-refractivity contribution is 0.0955. The third-order valence-corrected chi connectivity index (χ3v) is 5.12. The maximum atomic E-state index is 12.7. The molecule has 0 unspecified atom stereocenters. The van der Waals surface area contributed by atoms with Crippen LogP contribution in [0.15, 0.2) is 56.8 Å². The van der Waals surface area contributed by atoms with E-state index in [1.807, 2.05) is 25.1 Å². The second-order valence-electron chi connectivity index (χ2n) is 5.93. The number of nitrogens with one attached hydrogen (secondary N) is 2. The first kappa shape index (κ1) is 19.1. The maximum absolute atomic E-state index is 12.7. The van der Waals surface area contributed by atoms with Gasteiger partial charge in [0.25, 0.3) is 11.5 Å². The number of aromatic nitrogens is 2. The largest absolute Gasteiger partial charge is 0.295 e. The van der Waals surface area contributed by atoms with Crippen LogP contribution in [-0.4, -0.2) is 21.9 Å². The highest BCUT2D eigenvalue weighted by Gasteiger charge is 2.12. The Morgan fingerprint density at radius 1 is 1.22 bits per heavy atom. The molecule has 3 aromatic rings. The smallest absolute Gasteiger partial charge is 0.280 e. The summed E-state index contributed by atoms with van der Waals surface area (Å²) >= 11 is 9.25. The fraction of sp³-hybridized carbons (Fsp3) is 0.105. The van der Waals surface area contributed by atoms with E-state index in [0.717, 1.165) is 10.0 Å². The number of aryl methyl sites for hydroxylation is 2. The second kappa shape index (κ2) is 7.94. The van der Waals surface area contributed by atoms with Crippen molar-refractivity contribution in [2.75, 3.05) is 0 Å². The van der Waals surface area contributed by atoms with Crippen LogP contribution in [-0.2, 0) is 0 Å². The van der Waals surface area contributed by atoms with E-state index < -0.39 is 0 Å². The Hall–Kier alpha value is -2.64. The number of hydrogen-bond acceptors (Lipinski definition) is 3.